The number of carboxylic acid groups (broad SMARTS) is 1. The van der Waals surface area contributed by atoms with Gasteiger partial charge in [0.25, 0.3) is 0 Å². The Hall–Kier alpha value is -2.41. The number of hydrogen-bond donors (Lipinski definition) is 2. The molecule has 1 fully saturated rings. The number of amides is 2. The van der Waals surface area contributed by atoms with Gasteiger partial charge in [-0.2, -0.15) is 0 Å². The van der Waals surface area contributed by atoms with E-state index in [0.717, 1.165) is 19.3 Å². The van der Waals surface area contributed by atoms with Gasteiger partial charge in [0, 0.05) is 25.8 Å². The molecule has 2 N–H and O–H groups in total. The molecule has 1 atom stereocenters. The number of aromatic carboxylic acids is 1. The van der Waals surface area contributed by atoms with Gasteiger partial charge < -0.3 is 15.3 Å². The zero-order chi connectivity index (χ0) is 18.4. The molecule has 136 valence electrons. The van der Waals surface area contributed by atoms with Gasteiger partial charge in [-0.05, 0) is 24.6 Å². The molecule has 1 aromatic carbocycles. The van der Waals surface area contributed by atoms with Crippen LogP contribution in [0.25, 0.3) is 0 Å². The minimum absolute atomic E-state index is 0.0559. The number of nitrogens with one attached hydrogen (secondary N) is 1. The summed E-state index contributed by atoms with van der Waals surface area (Å²) in [6.45, 7) is 3.44. The topological polar surface area (TPSA) is 90.0 Å². The highest BCUT2D eigenvalue weighted by Crippen LogP contribution is 2.17. The predicted molar refractivity (Wildman–Crippen MR) is 94.6 cm³/mol. The summed E-state index contributed by atoms with van der Waals surface area (Å²) in [4.78, 5) is 39.4. The molecule has 0 radical (unpaired) electrons. The number of carbonyl (C=O) groups is 3. The average molecular weight is 347 g/mol. The molecule has 7 heteroatoms. The van der Waals surface area contributed by atoms with Crippen molar-refractivity contribution in [3.05, 3.63) is 29.8 Å². The Morgan fingerprint density at radius 3 is 2.76 bits per heavy atom. The number of unbranched alkanes of at least 4 members (excludes halogenated alkanes) is 1. The molecular formula is C18H25N3O4. The number of hydrogen-bond acceptors (Lipinski definition) is 4. The lowest BCUT2D eigenvalue weighted by atomic mass is 10.0. The van der Waals surface area contributed by atoms with Crippen molar-refractivity contribution in [1.82, 2.24) is 9.80 Å². The Kier molecular flexibility index (Phi) is 6.52. The normalized spacial score (nSPS) is 18.2. The average Bonchev–Trinajstić information content (AvgIpc) is 2.58. The van der Waals surface area contributed by atoms with Gasteiger partial charge >= 0.3 is 5.97 Å². The van der Waals surface area contributed by atoms with Crippen molar-refractivity contribution in [3.63, 3.8) is 0 Å². The third kappa shape index (κ3) is 5.03. The smallest absolute Gasteiger partial charge is 0.335 e. The van der Waals surface area contributed by atoms with Gasteiger partial charge in [0.2, 0.25) is 11.8 Å². The van der Waals surface area contributed by atoms with Crippen LogP contribution in [0.2, 0.25) is 0 Å². The van der Waals surface area contributed by atoms with Crippen molar-refractivity contribution in [3.8, 4) is 0 Å². The molecule has 0 saturated carbocycles. The lowest BCUT2D eigenvalue weighted by Crippen LogP contribution is -2.57. The SMILES string of the molecule is CCCC[C@@H]1C(=O)N(C)CCN1CC(=O)Nc1cccc(C(=O)O)c1. The van der Waals surface area contributed by atoms with Crippen molar-refractivity contribution in [2.45, 2.75) is 32.2 Å². The summed E-state index contributed by atoms with van der Waals surface area (Å²) in [6.07, 6.45) is 2.67. The fraction of sp³-hybridized carbons (Fsp3) is 0.500. The maximum atomic E-state index is 12.4. The van der Waals surface area contributed by atoms with Crippen LogP contribution in [0.3, 0.4) is 0 Å². The number of piperazine rings is 1. The van der Waals surface area contributed by atoms with Gasteiger partial charge in [-0.1, -0.05) is 25.8 Å². The summed E-state index contributed by atoms with van der Waals surface area (Å²) in [5.74, 6) is -1.23. The lowest BCUT2D eigenvalue weighted by molar-refractivity contribution is -0.141. The van der Waals surface area contributed by atoms with Gasteiger partial charge in [-0.15, -0.1) is 0 Å². The molecule has 1 aliphatic rings. The first kappa shape index (κ1) is 18.9. The molecular weight excluding hydrogens is 322 g/mol. The number of anilines is 1. The summed E-state index contributed by atoms with van der Waals surface area (Å²) in [6, 6.07) is 5.85. The van der Waals surface area contributed by atoms with E-state index in [-0.39, 0.29) is 30.0 Å². The van der Waals surface area contributed by atoms with E-state index in [4.69, 9.17) is 5.11 Å². The molecule has 0 aromatic heterocycles. The third-order valence-electron chi connectivity index (χ3n) is 4.40. The number of carbonyl (C=O) groups excluding carboxylic acids is 2. The maximum Gasteiger partial charge on any atom is 0.335 e. The first-order chi connectivity index (χ1) is 11.9. The largest absolute Gasteiger partial charge is 0.478 e. The molecule has 0 spiro atoms. The second-order valence-corrected chi connectivity index (χ2v) is 6.32. The number of benzene rings is 1. The van der Waals surface area contributed by atoms with Crippen LogP contribution in [0.4, 0.5) is 5.69 Å². The summed E-state index contributed by atoms with van der Waals surface area (Å²) < 4.78 is 0. The van der Waals surface area contributed by atoms with Crippen LogP contribution in [-0.2, 0) is 9.59 Å². The maximum absolute atomic E-state index is 12.4. The van der Waals surface area contributed by atoms with E-state index in [1.165, 1.54) is 12.1 Å². The molecule has 0 bridgehead atoms. The number of carboxylic acids is 1. The molecule has 2 amide bonds. The Bertz CT molecular complexity index is 647. The first-order valence-electron chi connectivity index (χ1n) is 8.54. The van der Waals surface area contributed by atoms with Crippen molar-refractivity contribution in [1.29, 1.82) is 0 Å². The van der Waals surface area contributed by atoms with Crippen LogP contribution in [0.1, 0.15) is 36.5 Å². The second kappa shape index (κ2) is 8.62. The standard InChI is InChI=1S/C18H25N3O4/c1-3-4-8-15-17(23)20(2)9-10-21(15)12-16(22)19-14-7-5-6-13(11-14)18(24)25/h5-7,11,15H,3-4,8-10,12H2,1-2H3,(H,19,22)(H,24,25)/t15-/m1/s1. The molecule has 1 aromatic rings. The van der Waals surface area contributed by atoms with E-state index in [1.54, 1.807) is 24.1 Å². The van der Waals surface area contributed by atoms with E-state index in [2.05, 4.69) is 12.2 Å². The Morgan fingerprint density at radius 1 is 1.32 bits per heavy atom. The van der Waals surface area contributed by atoms with Crippen molar-refractivity contribution in [2.75, 3.05) is 32.0 Å². The molecule has 0 unspecified atom stereocenters. The van der Waals surface area contributed by atoms with Gasteiger partial charge in [0.1, 0.15) is 0 Å². The van der Waals surface area contributed by atoms with Crippen LogP contribution >= 0.6 is 0 Å². The minimum Gasteiger partial charge on any atom is -0.478 e. The fourth-order valence-electron chi connectivity index (χ4n) is 2.96. The van der Waals surface area contributed by atoms with Crippen LogP contribution in [0.15, 0.2) is 24.3 Å². The van der Waals surface area contributed by atoms with E-state index in [1.807, 2.05) is 4.90 Å². The quantitative estimate of drug-likeness (QED) is 0.783. The van der Waals surface area contributed by atoms with E-state index in [0.29, 0.717) is 18.8 Å². The van der Waals surface area contributed by atoms with Crippen LogP contribution < -0.4 is 5.32 Å². The van der Waals surface area contributed by atoms with Crippen molar-refractivity contribution < 1.29 is 19.5 Å². The summed E-state index contributed by atoms with van der Waals surface area (Å²) in [5, 5.41) is 11.7. The fourth-order valence-corrected chi connectivity index (χ4v) is 2.96. The van der Waals surface area contributed by atoms with Crippen LogP contribution in [0.5, 0.6) is 0 Å². The minimum atomic E-state index is -1.04. The Labute approximate surface area is 147 Å². The summed E-state index contributed by atoms with van der Waals surface area (Å²) in [5.41, 5.74) is 0.559. The molecule has 0 aliphatic carbocycles. The summed E-state index contributed by atoms with van der Waals surface area (Å²) >= 11 is 0. The monoisotopic (exact) mass is 347 g/mol. The molecule has 25 heavy (non-hydrogen) atoms. The molecule has 1 saturated heterocycles. The van der Waals surface area contributed by atoms with E-state index in [9.17, 15) is 14.4 Å². The van der Waals surface area contributed by atoms with Gasteiger partial charge in [0.15, 0.2) is 0 Å². The van der Waals surface area contributed by atoms with Gasteiger partial charge in [0.05, 0.1) is 18.2 Å². The van der Waals surface area contributed by atoms with Crippen LogP contribution in [-0.4, -0.2) is 65.4 Å². The Morgan fingerprint density at radius 2 is 2.08 bits per heavy atom. The zero-order valence-electron chi connectivity index (χ0n) is 14.7. The molecule has 7 nitrogen and oxygen atoms in total. The van der Waals surface area contributed by atoms with Gasteiger partial charge in [-0.25, -0.2) is 4.79 Å². The molecule has 1 heterocycles. The van der Waals surface area contributed by atoms with Crippen molar-refractivity contribution in [2.24, 2.45) is 0 Å². The number of rotatable bonds is 7. The van der Waals surface area contributed by atoms with Gasteiger partial charge in [-0.3, -0.25) is 14.5 Å². The van der Waals surface area contributed by atoms with E-state index < -0.39 is 5.97 Å². The second-order valence-electron chi connectivity index (χ2n) is 6.32. The number of likely N-dealkylation sites (N-methyl/N-ethyl adjacent to an activating group) is 1. The van der Waals surface area contributed by atoms with Crippen LogP contribution in [0, 0.1) is 0 Å². The van der Waals surface area contributed by atoms with Crippen molar-refractivity contribution >= 4 is 23.5 Å². The first-order valence-corrected chi connectivity index (χ1v) is 8.54. The highest BCUT2D eigenvalue weighted by atomic mass is 16.4. The molecule has 1 aliphatic heterocycles. The Balaban J connectivity index is 2.01. The van der Waals surface area contributed by atoms with E-state index >= 15 is 0 Å². The lowest BCUT2D eigenvalue weighted by Gasteiger charge is -2.38. The summed E-state index contributed by atoms with van der Waals surface area (Å²) in [7, 11) is 1.79. The molecule has 2 rings (SSSR count). The number of nitrogens with zero attached hydrogens (tertiary/aromatic N) is 2. The predicted octanol–water partition coefficient (Wildman–Crippen LogP) is 1.66. The third-order valence-corrected chi connectivity index (χ3v) is 4.40. The highest BCUT2D eigenvalue weighted by Gasteiger charge is 2.33. The highest BCUT2D eigenvalue weighted by molar-refractivity contribution is 5.95. The zero-order valence-corrected chi connectivity index (χ0v) is 14.7.